The van der Waals surface area contributed by atoms with Crippen LogP contribution in [-0.2, 0) is 19.1 Å². The smallest absolute Gasteiger partial charge is 0.229 e. The monoisotopic (exact) mass is 970 g/mol. The zero-order chi connectivity index (χ0) is 47.2. The highest BCUT2D eigenvalue weighted by Gasteiger charge is 2.54. The summed E-state index contributed by atoms with van der Waals surface area (Å²) in [4.78, 5) is 32.8. The fraction of sp³-hybridized carbons (Fsp3) is 0.464. The number of carbonyl (C=O) groups is 2. The second kappa shape index (κ2) is 22.2. The number of nitrogens with zero attached hydrogens (tertiary/aromatic N) is 2. The highest BCUT2D eigenvalue weighted by atomic mass is 35.5. The number of halogens is 4. The molecule has 0 bridgehead atoms. The summed E-state index contributed by atoms with van der Waals surface area (Å²) in [6, 6.07) is 31.8. The molecule has 4 aliphatic heterocycles. The zero-order valence-corrected chi connectivity index (χ0v) is 42.0. The summed E-state index contributed by atoms with van der Waals surface area (Å²) in [5.41, 5.74) is 3.41. The van der Waals surface area contributed by atoms with Crippen LogP contribution in [0.15, 0.2) is 122 Å². The molecular formula is C56H66Cl4N2O4. The van der Waals surface area contributed by atoms with Gasteiger partial charge in [-0.1, -0.05) is 135 Å². The fourth-order valence-electron chi connectivity index (χ4n) is 11.6. The van der Waals surface area contributed by atoms with Gasteiger partial charge < -0.3 is 19.3 Å². The van der Waals surface area contributed by atoms with Crippen molar-refractivity contribution in [2.75, 3.05) is 13.2 Å². The number of rotatable bonds is 14. The highest BCUT2D eigenvalue weighted by molar-refractivity contribution is 6.31. The Bertz CT molecular complexity index is 2130. The van der Waals surface area contributed by atoms with E-state index in [0.717, 1.165) is 86.8 Å². The van der Waals surface area contributed by atoms with Gasteiger partial charge in [-0.15, -0.1) is 13.2 Å². The van der Waals surface area contributed by atoms with Gasteiger partial charge in [0.05, 0.1) is 47.2 Å². The van der Waals surface area contributed by atoms with Crippen LogP contribution < -0.4 is 0 Å². The number of hydrogen-bond acceptors (Lipinski definition) is 4. The molecule has 66 heavy (non-hydrogen) atoms. The molecule has 4 aliphatic rings. The molecule has 8 rings (SSSR count). The Morgan fingerprint density at radius 1 is 0.591 bits per heavy atom. The first-order valence-electron chi connectivity index (χ1n) is 23.9. The van der Waals surface area contributed by atoms with Crippen LogP contribution in [0.1, 0.15) is 138 Å². The Labute approximate surface area is 413 Å². The van der Waals surface area contributed by atoms with Gasteiger partial charge in [0, 0.05) is 45.1 Å². The SMILES string of the molecule is C=CC[C@@]1(C)C[C@H](c2cccc(Cl)c2)[C@@H](c2ccc(Cl)cc2)N([C@@H](CC)C2CCCO2)C1=O.C=CC[C@@]1(C)C[C@H](c2cccc(Cl)c2)[C@@H](c2ccc(Cl)cc2)N([C@@H](CC)C2CCCO2)C1=O. The van der Waals surface area contributed by atoms with E-state index >= 15 is 0 Å². The number of piperidine rings is 2. The molecule has 10 heteroatoms. The minimum atomic E-state index is -0.538. The second-order valence-corrected chi connectivity index (χ2v) is 21.1. The van der Waals surface area contributed by atoms with Crippen LogP contribution in [0.2, 0.25) is 20.1 Å². The van der Waals surface area contributed by atoms with Gasteiger partial charge in [-0.25, -0.2) is 0 Å². The molecule has 0 aliphatic carbocycles. The maximum Gasteiger partial charge on any atom is 0.229 e. The van der Waals surface area contributed by atoms with Crippen molar-refractivity contribution in [3.63, 3.8) is 0 Å². The predicted octanol–water partition coefficient (Wildman–Crippen LogP) is 15.2. The van der Waals surface area contributed by atoms with Crippen molar-refractivity contribution in [1.29, 1.82) is 0 Å². The Morgan fingerprint density at radius 3 is 1.27 bits per heavy atom. The number of carbonyl (C=O) groups excluding carboxylic acids is 2. The molecule has 2 amide bonds. The summed E-state index contributed by atoms with van der Waals surface area (Å²) in [6.07, 6.45) is 12.3. The van der Waals surface area contributed by atoms with Crippen molar-refractivity contribution >= 4 is 58.2 Å². The molecule has 10 atom stereocenters. The van der Waals surface area contributed by atoms with E-state index in [-0.39, 0.29) is 60.0 Å². The lowest BCUT2D eigenvalue weighted by Gasteiger charge is -2.53. The van der Waals surface area contributed by atoms with Crippen molar-refractivity contribution in [1.82, 2.24) is 9.80 Å². The average Bonchev–Trinajstić information content (AvgIpc) is 4.05. The molecule has 0 spiro atoms. The molecule has 4 heterocycles. The predicted molar refractivity (Wildman–Crippen MR) is 272 cm³/mol. The van der Waals surface area contributed by atoms with E-state index in [4.69, 9.17) is 55.9 Å². The van der Waals surface area contributed by atoms with Crippen LogP contribution in [0, 0.1) is 10.8 Å². The molecule has 0 aromatic heterocycles. The Morgan fingerprint density at radius 2 is 0.970 bits per heavy atom. The van der Waals surface area contributed by atoms with Crippen molar-refractivity contribution in [3.05, 3.63) is 165 Å². The molecule has 4 fully saturated rings. The molecule has 0 saturated carbocycles. The molecule has 2 unspecified atom stereocenters. The van der Waals surface area contributed by atoms with E-state index in [2.05, 4.69) is 87.1 Å². The number of benzene rings is 4. The fourth-order valence-corrected chi connectivity index (χ4v) is 12.2. The second-order valence-electron chi connectivity index (χ2n) is 19.3. The third-order valence-electron chi connectivity index (χ3n) is 14.7. The summed E-state index contributed by atoms with van der Waals surface area (Å²) in [5, 5.41) is 2.80. The Kier molecular flexibility index (Phi) is 16.9. The molecular weight excluding hydrogens is 906 g/mol. The maximum atomic E-state index is 14.3. The van der Waals surface area contributed by atoms with Crippen LogP contribution >= 0.6 is 46.4 Å². The summed E-state index contributed by atoms with van der Waals surface area (Å²) >= 11 is 25.4. The van der Waals surface area contributed by atoms with Crippen molar-refractivity contribution in [3.8, 4) is 0 Å². The minimum Gasteiger partial charge on any atom is -0.376 e. The highest BCUT2D eigenvalue weighted by Crippen LogP contribution is 2.55. The first kappa shape index (κ1) is 50.3. The first-order valence-corrected chi connectivity index (χ1v) is 25.4. The van der Waals surface area contributed by atoms with Gasteiger partial charge in [0.25, 0.3) is 0 Å². The average molecular weight is 973 g/mol. The number of hydrogen-bond donors (Lipinski definition) is 0. The summed E-state index contributed by atoms with van der Waals surface area (Å²) in [6.45, 7) is 17.9. The maximum absolute atomic E-state index is 14.3. The van der Waals surface area contributed by atoms with Crippen molar-refractivity contribution < 1.29 is 19.1 Å². The zero-order valence-electron chi connectivity index (χ0n) is 38.9. The van der Waals surface area contributed by atoms with Gasteiger partial charge in [-0.05, 0) is 135 Å². The van der Waals surface area contributed by atoms with E-state index in [1.807, 2.05) is 72.8 Å². The molecule has 0 radical (unpaired) electrons. The Balaban J connectivity index is 0.000000196. The number of ether oxygens (including phenoxy) is 2. The normalized spacial score (nSPS) is 28.7. The lowest BCUT2D eigenvalue weighted by molar-refractivity contribution is -0.159. The van der Waals surface area contributed by atoms with Crippen LogP contribution in [0.5, 0.6) is 0 Å². The van der Waals surface area contributed by atoms with E-state index in [0.29, 0.717) is 32.9 Å². The summed E-state index contributed by atoms with van der Waals surface area (Å²) < 4.78 is 12.3. The van der Waals surface area contributed by atoms with Gasteiger partial charge in [0.2, 0.25) is 11.8 Å². The molecule has 6 nitrogen and oxygen atoms in total. The van der Waals surface area contributed by atoms with E-state index in [9.17, 15) is 9.59 Å². The van der Waals surface area contributed by atoms with Gasteiger partial charge in [0.15, 0.2) is 0 Å². The standard InChI is InChI=1S/2C28H33Cl2NO2/c2*1-4-15-28(3)18-23(20-8-6-9-22(30)17-20)26(19-11-13-21(29)14-12-19)31(27(28)32)24(5-2)25-10-7-16-33-25/h2*4,6,8-9,11-14,17,23-26H,1,5,7,10,15-16,18H2,2-3H3/t2*23-,24+,25?,26-,28+/m11/s1. The topological polar surface area (TPSA) is 59.1 Å². The quantitative estimate of drug-likeness (QED) is 0.118. The van der Waals surface area contributed by atoms with Gasteiger partial charge in [0.1, 0.15) is 0 Å². The molecule has 4 aromatic carbocycles. The van der Waals surface area contributed by atoms with E-state index < -0.39 is 10.8 Å². The lowest BCUT2D eigenvalue weighted by Crippen LogP contribution is -2.58. The van der Waals surface area contributed by atoms with Crippen LogP contribution in [0.25, 0.3) is 0 Å². The molecule has 4 saturated heterocycles. The number of likely N-dealkylation sites (tertiary alicyclic amines) is 2. The number of allylic oxidation sites excluding steroid dienone is 2. The summed E-state index contributed by atoms with van der Waals surface area (Å²) in [7, 11) is 0. The lowest BCUT2D eigenvalue weighted by atomic mass is 9.66. The van der Waals surface area contributed by atoms with Crippen LogP contribution in [0.4, 0.5) is 0 Å². The van der Waals surface area contributed by atoms with E-state index in [1.165, 1.54) is 0 Å². The third kappa shape index (κ3) is 10.8. The van der Waals surface area contributed by atoms with Gasteiger partial charge >= 0.3 is 0 Å². The molecule has 352 valence electrons. The minimum absolute atomic E-state index is 0.00630. The van der Waals surface area contributed by atoms with E-state index in [1.54, 1.807) is 0 Å². The van der Waals surface area contributed by atoms with Crippen molar-refractivity contribution in [2.24, 2.45) is 10.8 Å². The third-order valence-corrected chi connectivity index (χ3v) is 15.7. The van der Waals surface area contributed by atoms with Crippen LogP contribution in [0.3, 0.4) is 0 Å². The van der Waals surface area contributed by atoms with Crippen LogP contribution in [-0.4, -0.2) is 59.1 Å². The number of amides is 2. The first-order chi connectivity index (χ1) is 31.7. The molecule has 4 aromatic rings. The molecule has 0 N–H and O–H groups in total. The Hall–Kier alpha value is -3.62. The van der Waals surface area contributed by atoms with Gasteiger partial charge in [-0.2, -0.15) is 0 Å². The summed E-state index contributed by atoms with van der Waals surface area (Å²) in [5.74, 6) is 0.539. The van der Waals surface area contributed by atoms with Gasteiger partial charge in [-0.3, -0.25) is 9.59 Å². The largest absolute Gasteiger partial charge is 0.376 e. The van der Waals surface area contributed by atoms with Crippen molar-refractivity contribution in [2.45, 2.75) is 140 Å².